The van der Waals surface area contributed by atoms with E-state index in [0.29, 0.717) is 11.3 Å². The smallest absolute Gasteiger partial charge is 0.0708 e. The van der Waals surface area contributed by atoms with Crippen molar-refractivity contribution in [2.45, 2.75) is 46.5 Å². The molecule has 0 radical (unpaired) electrons. The van der Waals surface area contributed by atoms with Crippen LogP contribution < -0.4 is 0 Å². The lowest BCUT2D eigenvalue weighted by atomic mass is 9.90. The molecule has 0 fully saturated rings. The predicted molar refractivity (Wildman–Crippen MR) is 77.0 cm³/mol. The SMILES string of the molecule is CC(C)c1ccc2cc3c(nc2c1)CC(C)(C)C3. The van der Waals surface area contributed by atoms with E-state index in [1.54, 1.807) is 0 Å². The van der Waals surface area contributed by atoms with Gasteiger partial charge in [-0.05, 0) is 47.4 Å². The lowest BCUT2D eigenvalue weighted by Gasteiger charge is -2.14. The molecule has 1 aliphatic rings. The molecular weight excluding hydrogens is 218 g/mol. The fraction of sp³-hybridized carbons (Fsp3) is 0.471. The van der Waals surface area contributed by atoms with E-state index in [9.17, 15) is 0 Å². The van der Waals surface area contributed by atoms with Crippen molar-refractivity contribution in [1.82, 2.24) is 4.98 Å². The molecule has 0 N–H and O–H groups in total. The lowest BCUT2D eigenvalue weighted by molar-refractivity contribution is 0.391. The molecule has 18 heavy (non-hydrogen) atoms. The molecule has 0 spiro atoms. The van der Waals surface area contributed by atoms with Crippen LogP contribution in [0.25, 0.3) is 10.9 Å². The van der Waals surface area contributed by atoms with E-state index in [1.807, 2.05) is 0 Å². The molecule has 1 aromatic carbocycles. The van der Waals surface area contributed by atoms with Gasteiger partial charge in [0.2, 0.25) is 0 Å². The summed E-state index contributed by atoms with van der Waals surface area (Å²) in [6, 6.07) is 9.06. The summed E-state index contributed by atoms with van der Waals surface area (Å²) in [6.07, 6.45) is 2.28. The lowest BCUT2D eigenvalue weighted by Crippen LogP contribution is -2.09. The Hall–Kier alpha value is -1.37. The van der Waals surface area contributed by atoms with Gasteiger partial charge in [-0.2, -0.15) is 0 Å². The Balaban J connectivity index is 2.14. The van der Waals surface area contributed by atoms with Crippen LogP contribution in [0.15, 0.2) is 24.3 Å². The maximum Gasteiger partial charge on any atom is 0.0708 e. The van der Waals surface area contributed by atoms with Crippen molar-refractivity contribution in [2.75, 3.05) is 0 Å². The van der Waals surface area contributed by atoms with Crippen LogP contribution in [0.1, 0.15) is 50.4 Å². The zero-order chi connectivity index (χ0) is 12.9. The van der Waals surface area contributed by atoms with E-state index in [4.69, 9.17) is 4.98 Å². The highest BCUT2D eigenvalue weighted by molar-refractivity contribution is 5.80. The van der Waals surface area contributed by atoms with Crippen LogP contribution in [0.5, 0.6) is 0 Å². The Morgan fingerprint density at radius 1 is 1.11 bits per heavy atom. The van der Waals surface area contributed by atoms with Gasteiger partial charge >= 0.3 is 0 Å². The van der Waals surface area contributed by atoms with Gasteiger partial charge in [0.1, 0.15) is 0 Å². The first-order valence-electron chi connectivity index (χ1n) is 6.87. The molecule has 0 bridgehead atoms. The van der Waals surface area contributed by atoms with Gasteiger partial charge in [0.05, 0.1) is 5.52 Å². The fourth-order valence-electron chi connectivity index (χ4n) is 2.96. The van der Waals surface area contributed by atoms with Gasteiger partial charge in [-0.3, -0.25) is 4.98 Å². The molecule has 3 rings (SSSR count). The first-order chi connectivity index (χ1) is 8.44. The van der Waals surface area contributed by atoms with Crippen LogP contribution >= 0.6 is 0 Å². The molecular formula is C17H21N. The standard InChI is InChI=1S/C17H21N/c1-11(2)12-5-6-13-7-14-9-17(3,4)10-16(14)18-15(13)8-12/h5-8,11H,9-10H2,1-4H3. The molecule has 1 heterocycles. The summed E-state index contributed by atoms with van der Waals surface area (Å²) >= 11 is 0. The molecule has 0 saturated carbocycles. The van der Waals surface area contributed by atoms with E-state index in [1.165, 1.54) is 22.2 Å². The topological polar surface area (TPSA) is 12.9 Å². The minimum atomic E-state index is 0.383. The quantitative estimate of drug-likeness (QED) is 0.715. The van der Waals surface area contributed by atoms with Crippen molar-refractivity contribution in [2.24, 2.45) is 5.41 Å². The molecule has 0 atom stereocenters. The van der Waals surface area contributed by atoms with Crippen LogP contribution in [0, 0.1) is 5.41 Å². The summed E-state index contributed by atoms with van der Waals surface area (Å²) in [5.41, 5.74) is 5.69. The number of rotatable bonds is 1. The maximum atomic E-state index is 4.89. The van der Waals surface area contributed by atoms with Gasteiger partial charge in [0.25, 0.3) is 0 Å². The van der Waals surface area contributed by atoms with Gasteiger partial charge in [0.15, 0.2) is 0 Å². The van der Waals surface area contributed by atoms with E-state index in [-0.39, 0.29) is 0 Å². The Labute approximate surface area is 109 Å². The van der Waals surface area contributed by atoms with Gasteiger partial charge in [-0.1, -0.05) is 39.8 Å². The Kier molecular flexibility index (Phi) is 2.48. The van der Waals surface area contributed by atoms with Crippen molar-refractivity contribution in [3.05, 3.63) is 41.1 Å². The number of aromatic nitrogens is 1. The summed E-state index contributed by atoms with van der Waals surface area (Å²) in [6.45, 7) is 9.13. The van der Waals surface area contributed by atoms with Crippen molar-refractivity contribution in [3.8, 4) is 0 Å². The third kappa shape index (κ3) is 1.92. The summed E-state index contributed by atoms with van der Waals surface area (Å²) in [5, 5.41) is 1.29. The molecule has 1 aromatic heterocycles. The second-order valence-corrected chi connectivity index (χ2v) is 6.72. The molecule has 1 heteroatoms. The number of benzene rings is 1. The monoisotopic (exact) mass is 239 g/mol. The average molecular weight is 239 g/mol. The van der Waals surface area contributed by atoms with Crippen molar-refractivity contribution in [1.29, 1.82) is 0 Å². The Bertz CT molecular complexity index is 608. The van der Waals surface area contributed by atoms with Crippen LogP contribution in [0.3, 0.4) is 0 Å². The number of nitrogens with zero attached hydrogens (tertiary/aromatic N) is 1. The molecule has 0 saturated heterocycles. The highest BCUT2D eigenvalue weighted by Crippen LogP contribution is 2.36. The zero-order valence-corrected chi connectivity index (χ0v) is 11.7. The Morgan fingerprint density at radius 2 is 1.89 bits per heavy atom. The minimum Gasteiger partial charge on any atom is -0.253 e. The predicted octanol–water partition coefficient (Wildman–Crippen LogP) is 4.48. The molecule has 94 valence electrons. The van der Waals surface area contributed by atoms with Crippen molar-refractivity contribution < 1.29 is 0 Å². The first kappa shape index (κ1) is 11.7. The van der Waals surface area contributed by atoms with E-state index in [2.05, 4.69) is 52.0 Å². The molecule has 2 aromatic rings. The van der Waals surface area contributed by atoms with E-state index < -0.39 is 0 Å². The van der Waals surface area contributed by atoms with Gasteiger partial charge in [-0.15, -0.1) is 0 Å². The molecule has 1 aliphatic carbocycles. The molecule has 1 nitrogen and oxygen atoms in total. The molecule has 0 aliphatic heterocycles. The van der Waals surface area contributed by atoms with Crippen LogP contribution in [0.2, 0.25) is 0 Å². The minimum absolute atomic E-state index is 0.383. The van der Waals surface area contributed by atoms with Crippen LogP contribution in [0.4, 0.5) is 0 Å². The molecule has 0 unspecified atom stereocenters. The normalized spacial score (nSPS) is 17.4. The van der Waals surface area contributed by atoms with Crippen LogP contribution in [-0.4, -0.2) is 4.98 Å². The van der Waals surface area contributed by atoms with Crippen molar-refractivity contribution >= 4 is 10.9 Å². The second-order valence-electron chi connectivity index (χ2n) is 6.72. The van der Waals surface area contributed by atoms with Gasteiger partial charge < -0.3 is 0 Å². The fourth-order valence-corrected chi connectivity index (χ4v) is 2.96. The first-order valence-corrected chi connectivity index (χ1v) is 6.87. The summed E-state index contributed by atoms with van der Waals surface area (Å²) < 4.78 is 0. The number of hydrogen-bond donors (Lipinski definition) is 0. The summed E-state index contributed by atoms with van der Waals surface area (Å²) in [4.78, 5) is 4.89. The summed E-state index contributed by atoms with van der Waals surface area (Å²) in [5.74, 6) is 0.570. The third-order valence-electron chi connectivity index (χ3n) is 3.99. The third-order valence-corrected chi connectivity index (χ3v) is 3.99. The zero-order valence-electron chi connectivity index (χ0n) is 11.7. The maximum absolute atomic E-state index is 4.89. The van der Waals surface area contributed by atoms with Crippen LogP contribution in [-0.2, 0) is 12.8 Å². The molecule has 0 amide bonds. The number of hydrogen-bond acceptors (Lipinski definition) is 1. The Morgan fingerprint density at radius 3 is 2.61 bits per heavy atom. The summed E-state index contributed by atoms with van der Waals surface area (Å²) in [7, 11) is 0. The van der Waals surface area contributed by atoms with Gasteiger partial charge in [-0.25, -0.2) is 0 Å². The van der Waals surface area contributed by atoms with E-state index in [0.717, 1.165) is 18.4 Å². The largest absolute Gasteiger partial charge is 0.253 e. The second kappa shape index (κ2) is 3.81. The number of pyridine rings is 1. The highest BCUT2D eigenvalue weighted by Gasteiger charge is 2.29. The number of fused-ring (bicyclic) bond motifs is 2. The van der Waals surface area contributed by atoms with Crippen molar-refractivity contribution in [3.63, 3.8) is 0 Å². The highest BCUT2D eigenvalue weighted by atomic mass is 14.7. The van der Waals surface area contributed by atoms with E-state index >= 15 is 0 Å². The van der Waals surface area contributed by atoms with Gasteiger partial charge in [0, 0.05) is 11.1 Å². The average Bonchev–Trinajstić information content (AvgIpc) is 2.57.